The lowest BCUT2D eigenvalue weighted by Gasteiger charge is -2.20. The van der Waals surface area contributed by atoms with Gasteiger partial charge in [-0.2, -0.15) is 0 Å². The highest BCUT2D eigenvalue weighted by Crippen LogP contribution is 2.38. The van der Waals surface area contributed by atoms with Gasteiger partial charge in [-0.1, -0.05) is 0 Å². The number of hydrogen-bond donors (Lipinski definition) is 6. The van der Waals surface area contributed by atoms with Crippen molar-refractivity contribution in [3.05, 3.63) is 0 Å². The van der Waals surface area contributed by atoms with E-state index in [4.69, 9.17) is 14.9 Å². The molecule has 4 atom stereocenters. The summed E-state index contributed by atoms with van der Waals surface area (Å²) in [5.41, 5.74) is 0. The Morgan fingerprint density at radius 1 is 1.41 bits per heavy atom. The zero-order valence-corrected chi connectivity index (χ0v) is 9.10. The maximum atomic E-state index is 10.6. The van der Waals surface area contributed by atoms with Gasteiger partial charge < -0.3 is 34.9 Å². The molecule has 0 amide bonds. The second kappa shape index (κ2) is 4.59. The third-order valence-electron chi connectivity index (χ3n) is 2.15. The molecule has 10 nitrogen and oxygen atoms in total. The molecule has 1 aliphatic rings. The fraction of sp³-hybridized carbons (Fsp3) is 0.833. The Morgan fingerprint density at radius 3 is 2.29 bits per heavy atom. The average Bonchev–Trinajstić information content (AvgIpc) is 2.40. The van der Waals surface area contributed by atoms with Gasteiger partial charge in [0.05, 0.1) is 6.61 Å². The molecule has 1 heterocycles. The summed E-state index contributed by atoms with van der Waals surface area (Å²) in [7, 11) is -4.83. The van der Waals surface area contributed by atoms with E-state index >= 15 is 0 Å². The minimum Gasteiger partial charge on any atom is -0.477 e. The van der Waals surface area contributed by atoms with Gasteiger partial charge in [-0.05, 0) is 0 Å². The van der Waals surface area contributed by atoms with Crippen molar-refractivity contribution in [2.45, 2.75) is 24.1 Å². The molecule has 0 aromatic carbocycles. The zero-order chi connectivity index (χ0) is 13.4. The van der Waals surface area contributed by atoms with E-state index in [2.05, 4.69) is 9.26 Å². The minimum absolute atomic E-state index is 0.891. The summed E-state index contributed by atoms with van der Waals surface area (Å²) >= 11 is 0. The fourth-order valence-corrected chi connectivity index (χ4v) is 1.63. The summed E-state index contributed by atoms with van der Waals surface area (Å²) in [6.45, 7) is -0.891. The van der Waals surface area contributed by atoms with Crippen molar-refractivity contribution in [2.24, 2.45) is 0 Å². The first kappa shape index (κ1) is 14.5. The minimum atomic E-state index is -4.83. The van der Waals surface area contributed by atoms with Crippen LogP contribution in [0.25, 0.3) is 0 Å². The molecule has 0 aliphatic carbocycles. The summed E-state index contributed by atoms with van der Waals surface area (Å²) in [6, 6.07) is 0. The van der Waals surface area contributed by atoms with E-state index < -0.39 is 44.5 Å². The van der Waals surface area contributed by atoms with Crippen molar-refractivity contribution in [3.63, 3.8) is 0 Å². The van der Waals surface area contributed by atoms with Crippen molar-refractivity contribution in [2.75, 3.05) is 6.61 Å². The van der Waals surface area contributed by atoms with Crippen LogP contribution < -0.4 is 0 Å². The van der Waals surface area contributed by atoms with Crippen LogP contribution in [0.1, 0.15) is 0 Å². The highest BCUT2D eigenvalue weighted by Gasteiger charge is 2.59. The number of carboxylic acids is 1. The Morgan fingerprint density at radius 2 is 1.94 bits per heavy atom. The van der Waals surface area contributed by atoms with Gasteiger partial charge >= 0.3 is 13.8 Å². The molecule has 1 fully saturated rings. The number of carboxylic acid groups (broad SMARTS) is 1. The van der Waals surface area contributed by atoms with E-state index in [1.807, 2.05) is 0 Å². The monoisotopic (exact) mass is 274 g/mol. The lowest BCUT2D eigenvalue weighted by Crippen LogP contribution is -2.49. The Hall–Kier alpha value is -0.580. The number of hydrogen-bond acceptors (Lipinski definition) is 7. The highest BCUT2D eigenvalue weighted by atomic mass is 31.2. The van der Waals surface area contributed by atoms with E-state index in [0.29, 0.717) is 0 Å². The molecule has 0 radical (unpaired) electrons. The molecule has 100 valence electrons. The van der Waals surface area contributed by atoms with Crippen molar-refractivity contribution < 1.29 is 48.8 Å². The highest BCUT2D eigenvalue weighted by molar-refractivity contribution is 7.46. The van der Waals surface area contributed by atoms with E-state index in [0.717, 1.165) is 0 Å². The number of ether oxygens (including phenoxy) is 1. The van der Waals surface area contributed by atoms with Gasteiger partial charge in [-0.25, -0.2) is 9.36 Å². The second-order valence-corrected chi connectivity index (χ2v) is 4.62. The lowest BCUT2D eigenvalue weighted by atomic mass is 10.1. The van der Waals surface area contributed by atoms with Crippen LogP contribution in [0.5, 0.6) is 0 Å². The summed E-state index contributed by atoms with van der Waals surface area (Å²) in [5, 5.41) is 36.4. The average molecular weight is 274 g/mol. The third-order valence-corrected chi connectivity index (χ3v) is 2.64. The van der Waals surface area contributed by atoms with Crippen LogP contribution in [-0.4, -0.2) is 66.9 Å². The smallest absolute Gasteiger partial charge is 0.469 e. The van der Waals surface area contributed by atoms with Crippen LogP contribution in [-0.2, 0) is 18.6 Å². The molecule has 11 heteroatoms. The summed E-state index contributed by atoms with van der Waals surface area (Å²) in [6.07, 6.45) is -5.60. The van der Waals surface area contributed by atoms with Gasteiger partial charge in [-0.15, -0.1) is 0 Å². The van der Waals surface area contributed by atoms with Crippen LogP contribution in [0.2, 0.25) is 0 Å². The van der Waals surface area contributed by atoms with Crippen LogP contribution in [0.3, 0.4) is 0 Å². The molecule has 4 unspecified atom stereocenters. The Bertz CT molecular complexity index is 351. The SMILES string of the molecule is O=C(O)C1(O)OC(COP(=O)(O)O)C(O)C1O. The van der Waals surface area contributed by atoms with Crippen LogP contribution >= 0.6 is 7.82 Å². The largest absolute Gasteiger partial charge is 0.477 e. The van der Waals surface area contributed by atoms with Gasteiger partial charge in [0.15, 0.2) is 0 Å². The summed E-state index contributed by atoms with van der Waals surface area (Å²) in [5.74, 6) is -4.98. The molecule has 17 heavy (non-hydrogen) atoms. The standard InChI is InChI=1S/C6H11O10P/c7-3-2(1-15-17(12,13)14)16-6(11,4(3)8)5(9)10/h2-4,7-8,11H,1H2,(H,9,10)(H2,12,13,14). The first-order chi connectivity index (χ1) is 7.58. The van der Waals surface area contributed by atoms with E-state index in [1.54, 1.807) is 0 Å². The van der Waals surface area contributed by atoms with E-state index in [1.165, 1.54) is 0 Å². The van der Waals surface area contributed by atoms with Crippen molar-refractivity contribution in [1.82, 2.24) is 0 Å². The molecular formula is C6H11O10P. The normalized spacial score (nSPS) is 38.3. The van der Waals surface area contributed by atoms with E-state index in [-0.39, 0.29) is 0 Å². The number of carbonyl (C=O) groups is 1. The molecule has 0 saturated carbocycles. The van der Waals surface area contributed by atoms with Crippen LogP contribution in [0.4, 0.5) is 0 Å². The summed E-state index contributed by atoms with van der Waals surface area (Å²) < 4.78 is 18.8. The van der Waals surface area contributed by atoms with Gasteiger partial charge in [0.25, 0.3) is 5.79 Å². The van der Waals surface area contributed by atoms with Gasteiger partial charge in [0, 0.05) is 0 Å². The molecule has 0 spiro atoms. The molecule has 1 saturated heterocycles. The van der Waals surface area contributed by atoms with Gasteiger partial charge in [0.2, 0.25) is 0 Å². The number of phosphoric acid groups is 1. The quantitative estimate of drug-likeness (QED) is 0.289. The first-order valence-corrected chi connectivity index (χ1v) is 5.81. The number of aliphatic hydroxyl groups excluding tert-OH is 2. The number of aliphatic carboxylic acids is 1. The predicted octanol–water partition coefficient (Wildman–Crippen LogP) is -3.01. The maximum Gasteiger partial charge on any atom is 0.469 e. The Kier molecular flexibility index (Phi) is 3.91. The molecular weight excluding hydrogens is 263 g/mol. The number of aliphatic hydroxyl groups is 3. The van der Waals surface area contributed by atoms with Crippen molar-refractivity contribution in [3.8, 4) is 0 Å². The van der Waals surface area contributed by atoms with Crippen LogP contribution in [0.15, 0.2) is 0 Å². The number of rotatable bonds is 4. The molecule has 1 rings (SSSR count). The molecule has 0 bridgehead atoms. The Labute approximate surface area is 94.3 Å². The van der Waals surface area contributed by atoms with Gasteiger partial charge in [-0.3, -0.25) is 4.52 Å². The first-order valence-electron chi connectivity index (χ1n) is 4.27. The Balaban J connectivity index is 2.73. The summed E-state index contributed by atoms with van der Waals surface area (Å²) in [4.78, 5) is 27.3. The third kappa shape index (κ3) is 3.00. The zero-order valence-electron chi connectivity index (χ0n) is 8.20. The van der Waals surface area contributed by atoms with E-state index in [9.17, 15) is 24.7 Å². The number of phosphoric ester groups is 1. The molecule has 0 aromatic heterocycles. The van der Waals surface area contributed by atoms with Crippen LogP contribution in [0, 0.1) is 0 Å². The molecule has 1 aliphatic heterocycles. The molecule has 6 N–H and O–H groups in total. The molecule has 0 aromatic rings. The fourth-order valence-electron chi connectivity index (χ4n) is 1.29. The lowest BCUT2D eigenvalue weighted by molar-refractivity contribution is -0.239. The second-order valence-electron chi connectivity index (χ2n) is 3.38. The topological polar surface area (TPSA) is 174 Å². The van der Waals surface area contributed by atoms with Gasteiger partial charge in [0.1, 0.15) is 18.3 Å². The maximum absolute atomic E-state index is 10.6. The van der Waals surface area contributed by atoms with Crippen molar-refractivity contribution >= 4 is 13.8 Å². The van der Waals surface area contributed by atoms with Crippen molar-refractivity contribution in [1.29, 1.82) is 0 Å². The predicted molar refractivity (Wildman–Crippen MR) is 47.5 cm³/mol.